The van der Waals surface area contributed by atoms with Crippen molar-refractivity contribution < 1.29 is 0 Å². The number of hydrogen-bond donors (Lipinski definition) is 4. The Bertz CT molecular complexity index is 5090. The van der Waals surface area contributed by atoms with Crippen LogP contribution in [0.15, 0.2) is 97.6 Å². The molecule has 534 valence electrons. The lowest BCUT2D eigenvalue weighted by Gasteiger charge is -2.42. The molecule has 4 aromatic carbocycles. The predicted molar refractivity (Wildman–Crippen MR) is 419 cm³/mol. The molecule has 6 aliphatic rings. The minimum atomic E-state index is 0.400. The number of aromatic nitrogens is 16. The van der Waals surface area contributed by atoms with Gasteiger partial charge in [0.1, 0.15) is 45.3 Å². The van der Waals surface area contributed by atoms with E-state index in [0.29, 0.717) is 101 Å². The van der Waals surface area contributed by atoms with Crippen LogP contribution in [0.1, 0.15) is 106 Å². The van der Waals surface area contributed by atoms with Gasteiger partial charge >= 0.3 is 0 Å². The molecule has 0 bridgehead atoms. The third kappa shape index (κ3) is 14.2. The summed E-state index contributed by atoms with van der Waals surface area (Å²) >= 11 is 49.9. The molecule has 8 aromatic heterocycles. The summed E-state index contributed by atoms with van der Waals surface area (Å²) in [4.78, 5) is 46.6. The van der Waals surface area contributed by atoms with E-state index in [2.05, 4.69) is 132 Å². The Morgan fingerprint density at radius 2 is 0.718 bits per heavy atom. The molecular weight excluding hydrogens is 1460 g/mol. The van der Waals surface area contributed by atoms with Crippen LogP contribution in [0.25, 0.3) is 89.7 Å². The van der Waals surface area contributed by atoms with E-state index in [1.54, 1.807) is 24.3 Å². The van der Waals surface area contributed by atoms with Crippen molar-refractivity contribution in [2.45, 2.75) is 106 Å². The van der Waals surface area contributed by atoms with Gasteiger partial charge in [-0.25, -0.2) is 39.9 Å². The lowest BCUT2D eigenvalue weighted by Crippen LogP contribution is -2.41. The van der Waals surface area contributed by atoms with Crippen LogP contribution in [-0.4, -0.2) is 133 Å². The van der Waals surface area contributed by atoms with Gasteiger partial charge in [-0.1, -0.05) is 202 Å². The summed E-state index contributed by atoms with van der Waals surface area (Å²) in [6, 6.07) is 22.1. The van der Waals surface area contributed by atoms with Crippen LogP contribution in [0.3, 0.4) is 0 Å². The Morgan fingerprint density at radius 1 is 0.408 bits per heavy atom. The van der Waals surface area contributed by atoms with Crippen LogP contribution in [0.5, 0.6) is 0 Å². The molecule has 20 nitrogen and oxygen atoms in total. The van der Waals surface area contributed by atoms with E-state index < -0.39 is 0 Å². The Hall–Kier alpha value is -7.40. The topological polar surface area (TPSA) is 231 Å². The van der Waals surface area contributed by atoms with Crippen molar-refractivity contribution >= 4 is 161 Å². The number of piperidine rings is 4. The quantitative estimate of drug-likeness (QED) is 0.105. The summed E-state index contributed by atoms with van der Waals surface area (Å²) in [7, 11) is 0. The van der Waals surface area contributed by atoms with Crippen LogP contribution in [-0.2, 0) is 0 Å². The van der Waals surface area contributed by atoms with E-state index in [1.165, 1.54) is 51.4 Å². The van der Waals surface area contributed by atoms with Gasteiger partial charge in [-0.3, -0.25) is 20.4 Å². The highest BCUT2D eigenvalue weighted by Crippen LogP contribution is 2.53. The second kappa shape index (κ2) is 29.2. The highest BCUT2D eigenvalue weighted by Gasteiger charge is 2.53. The number of benzene rings is 4. The van der Waals surface area contributed by atoms with Gasteiger partial charge in [-0.2, -0.15) is 20.4 Å². The van der Waals surface area contributed by atoms with Crippen LogP contribution in [0.2, 0.25) is 40.2 Å². The van der Waals surface area contributed by atoms with Gasteiger partial charge in [-0.15, -0.1) is 0 Å². The number of hydrogen-bond acceptors (Lipinski definition) is 16. The molecule has 1 spiro atoms. The summed E-state index contributed by atoms with van der Waals surface area (Å²) in [5.41, 5.74) is 12.7. The Labute approximate surface area is 637 Å². The van der Waals surface area contributed by atoms with Crippen molar-refractivity contribution in [2.75, 3.05) is 72.0 Å². The van der Waals surface area contributed by atoms with Crippen molar-refractivity contribution in [1.82, 2.24) is 80.7 Å². The fourth-order valence-corrected chi connectivity index (χ4v) is 17.1. The maximum atomic E-state index is 6.37. The van der Waals surface area contributed by atoms with Crippen molar-refractivity contribution in [2.24, 2.45) is 39.9 Å². The number of halogens is 8. The zero-order chi connectivity index (χ0) is 71.6. The fraction of sp³-hybridized carbons (Fsp3) is 0.413. The second-order valence-electron chi connectivity index (χ2n) is 29.4. The molecule has 2 aliphatic carbocycles. The first-order chi connectivity index (χ1) is 49.7. The standard InChI is InChI=1S/C21H23Cl2N5.C19H21Cl2N5.C18H19Cl2N5.C17H15Cl2N5/c1-13-4-3-7-21(13)8-10-28(11-9-21)16-12-24-19-18(26-27-20(19)25-16)14-5-2-6-15(22)17(14)23;1-3-19(2)7-9-26(10-8-19)14-11-22-17-16(24-25-18(17)23-14)12-5-4-6-13(20)15(12)21;1-18(2)6-8-25(9-7-18)13-10-21-16-15(23-24-17(16)22-13)11-4-3-5-12(19)14(11)20;1-8-10-6-24(7-11(8)10)13-5-20-16-15(22-23-17(16)21-13)9-3-2-4-12(18)14(9)19/h2,5-6,12-13H,3-4,7-11H2,1H3,(H,25,26,27);4-6,11H,3,7-10H2,1-2H3,(H,23,24,25);3-5,10H,6-9H2,1-2H3,(H,22,23,24);2-5,8,10-11H,6-7H2,1H3,(H,21,22,23)/t13-;;;8?,10-,11+/m0.../s1. The van der Waals surface area contributed by atoms with Gasteiger partial charge in [0.05, 0.1) is 87.7 Å². The van der Waals surface area contributed by atoms with E-state index in [9.17, 15) is 0 Å². The number of nitrogens with one attached hydrogen (secondary N) is 4. The average Bonchev–Trinajstić information content (AvgIpc) is 1.59. The molecule has 1 unspecified atom stereocenters. The highest BCUT2D eigenvalue weighted by atomic mass is 35.5. The van der Waals surface area contributed by atoms with E-state index in [1.807, 2.05) is 73.3 Å². The van der Waals surface area contributed by atoms with E-state index in [4.69, 9.17) is 103 Å². The number of H-pyrrole nitrogens is 4. The van der Waals surface area contributed by atoms with Gasteiger partial charge in [-0.05, 0) is 109 Å². The maximum Gasteiger partial charge on any atom is 0.202 e. The van der Waals surface area contributed by atoms with Crippen LogP contribution in [0.4, 0.5) is 23.3 Å². The molecule has 6 fully saturated rings. The van der Waals surface area contributed by atoms with E-state index in [0.717, 1.165) is 157 Å². The fourth-order valence-electron chi connectivity index (χ4n) is 15.5. The van der Waals surface area contributed by atoms with Crippen LogP contribution < -0.4 is 19.6 Å². The summed E-state index contributed by atoms with van der Waals surface area (Å²) in [6.07, 6.45) is 19.8. The van der Waals surface area contributed by atoms with Crippen molar-refractivity contribution in [3.8, 4) is 45.0 Å². The second-order valence-corrected chi connectivity index (χ2v) is 32.6. The molecule has 0 radical (unpaired) electrons. The van der Waals surface area contributed by atoms with E-state index >= 15 is 0 Å². The van der Waals surface area contributed by atoms with Crippen LogP contribution >= 0.6 is 92.8 Å². The summed E-state index contributed by atoms with van der Waals surface area (Å²) < 4.78 is 0. The Kier molecular flexibility index (Phi) is 20.2. The van der Waals surface area contributed by atoms with Gasteiger partial charge < -0.3 is 19.6 Å². The Morgan fingerprint density at radius 3 is 1.03 bits per heavy atom. The molecule has 28 heteroatoms. The van der Waals surface area contributed by atoms with Crippen molar-refractivity contribution in [3.05, 3.63) is 138 Å². The SMILES string of the molecule is CC1(C)CCN(c2cnc3c(-c4cccc(Cl)c4Cl)[nH]nc3n2)CC1.CC1[C@H]2CN(c3cnc4c(-c5cccc(Cl)c5Cl)[nH]nc4n3)C[C@@H]12.CCC1(C)CCN(c2cnc3c(-c4cccc(Cl)c4Cl)[nH]nc3n2)CC1.C[C@H]1CCCC12CCN(c1cnc3c(-c4cccc(Cl)c4Cl)[nH]nc3n1)CC2. The molecule has 18 rings (SSSR count). The average molecular weight is 1540 g/mol. The number of fused-ring (bicyclic) bond motifs is 5. The normalized spacial score (nSPS) is 20.3. The minimum Gasteiger partial charge on any atom is -0.355 e. The van der Waals surface area contributed by atoms with Crippen molar-refractivity contribution in [3.63, 3.8) is 0 Å². The zero-order valence-corrected chi connectivity index (χ0v) is 64.0. The van der Waals surface area contributed by atoms with Gasteiger partial charge in [0.25, 0.3) is 0 Å². The molecule has 4 atom stereocenters. The summed E-state index contributed by atoms with van der Waals surface area (Å²) in [6.45, 7) is 22.2. The molecule has 2 saturated carbocycles. The minimum absolute atomic E-state index is 0.400. The lowest BCUT2D eigenvalue weighted by molar-refractivity contribution is 0.161. The first kappa shape index (κ1) is 71.2. The smallest absolute Gasteiger partial charge is 0.202 e. The first-order valence-electron chi connectivity index (χ1n) is 35.3. The molecule has 12 aromatic rings. The third-order valence-corrected chi connectivity index (χ3v) is 26.1. The van der Waals surface area contributed by atoms with Gasteiger partial charge in [0.15, 0.2) is 0 Å². The molecule has 4 N–H and O–H groups in total. The highest BCUT2D eigenvalue weighted by molar-refractivity contribution is 6.45. The molecule has 0 amide bonds. The first-order valence-corrected chi connectivity index (χ1v) is 38.3. The monoisotopic (exact) mass is 1540 g/mol. The summed E-state index contributed by atoms with van der Waals surface area (Å²) in [5.74, 6) is 6.91. The van der Waals surface area contributed by atoms with Crippen LogP contribution in [0, 0.1) is 39.9 Å². The van der Waals surface area contributed by atoms with Crippen molar-refractivity contribution in [1.29, 1.82) is 0 Å². The van der Waals surface area contributed by atoms with Gasteiger partial charge in [0.2, 0.25) is 22.6 Å². The summed E-state index contributed by atoms with van der Waals surface area (Å²) in [5, 5.41) is 33.4. The largest absolute Gasteiger partial charge is 0.355 e. The predicted octanol–water partition coefficient (Wildman–Crippen LogP) is 20.1. The molecular formula is C75H78Cl8N20. The molecule has 4 aliphatic heterocycles. The number of rotatable bonds is 9. The number of anilines is 4. The van der Waals surface area contributed by atoms with E-state index in [-0.39, 0.29) is 0 Å². The number of aromatic amines is 4. The van der Waals surface area contributed by atoms with Gasteiger partial charge in [0, 0.05) is 74.6 Å². The maximum absolute atomic E-state index is 6.37. The molecule has 103 heavy (non-hydrogen) atoms. The molecule has 4 saturated heterocycles. The zero-order valence-electron chi connectivity index (χ0n) is 58.0. The number of nitrogens with zero attached hydrogens (tertiary/aromatic N) is 16. The Balaban J connectivity index is 0.000000111. The third-order valence-electron chi connectivity index (χ3n) is 22.9. The lowest BCUT2D eigenvalue weighted by atomic mass is 9.71. The molecule has 12 heterocycles.